The third-order valence-electron chi connectivity index (χ3n) is 3.80. The minimum atomic E-state index is -0.589. The van der Waals surface area contributed by atoms with Crippen LogP contribution in [0.2, 0.25) is 0 Å². The van der Waals surface area contributed by atoms with Crippen molar-refractivity contribution in [1.29, 1.82) is 5.26 Å². The summed E-state index contributed by atoms with van der Waals surface area (Å²) in [7, 11) is 0. The van der Waals surface area contributed by atoms with E-state index in [1.165, 1.54) is 6.07 Å². The first-order valence-electron chi connectivity index (χ1n) is 7.46. The van der Waals surface area contributed by atoms with Crippen molar-refractivity contribution in [3.05, 3.63) is 52.5 Å². The number of fused-ring (bicyclic) bond motifs is 1. The number of rotatable bonds is 2. The second-order valence-electron chi connectivity index (χ2n) is 5.89. The van der Waals surface area contributed by atoms with Gasteiger partial charge in [0.25, 0.3) is 5.91 Å². The molecule has 3 rings (SSSR count). The quantitative estimate of drug-likeness (QED) is 0.854. The third-order valence-corrected chi connectivity index (χ3v) is 3.80. The Labute approximate surface area is 133 Å². The molecule has 1 aromatic carbocycles. The summed E-state index contributed by atoms with van der Waals surface area (Å²) < 4.78 is 19.2. The van der Waals surface area contributed by atoms with E-state index in [9.17, 15) is 9.18 Å². The highest BCUT2D eigenvalue weighted by molar-refractivity contribution is 5.94. The number of oxazole rings is 1. The van der Waals surface area contributed by atoms with Crippen molar-refractivity contribution in [2.24, 2.45) is 0 Å². The van der Waals surface area contributed by atoms with Gasteiger partial charge in [-0.3, -0.25) is 4.79 Å². The highest BCUT2D eigenvalue weighted by atomic mass is 19.1. The molecule has 1 aromatic heterocycles. The highest BCUT2D eigenvalue weighted by Gasteiger charge is 2.27. The van der Waals surface area contributed by atoms with Crippen molar-refractivity contribution in [2.75, 3.05) is 6.54 Å². The zero-order chi connectivity index (χ0) is 16.6. The van der Waals surface area contributed by atoms with Gasteiger partial charge in [0.15, 0.2) is 5.89 Å². The first-order chi connectivity index (χ1) is 11.0. The van der Waals surface area contributed by atoms with Crippen LogP contribution in [0, 0.1) is 17.1 Å². The van der Waals surface area contributed by atoms with Gasteiger partial charge in [-0.1, -0.05) is 13.8 Å². The summed E-state index contributed by atoms with van der Waals surface area (Å²) in [6.45, 7) is 4.81. The molecule has 0 N–H and O–H groups in total. The van der Waals surface area contributed by atoms with Crippen LogP contribution in [0.4, 0.5) is 4.39 Å². The van der Waals surface area contributed by atoms with E-state index in [2.05, 4.69) is 4.98 Å². The van der Waals surface area contributed by atoms with Crippen LogP contribution in [0.3, 0.4) is 0 Å². The van der Waals surface area contributed by atoms with Gasteiger partial charge in [-0.25, -0.2) is 9.37 Å². The lowest BCUT2D eigenvalue weighted by Gasteiger charge is -2.25. The van der Waals surface area contributed by atoms with Gasteiger partial charge in [-0.15, -0.1) is 0 Å². The molecule has 6 heteroatoms. The molecule has 23 heavy (non-hydrogen) atoms. The lowest BCUT2D eigenvalue weighted by atomic mass is 10.1. The maximum atomic E-state index is 13.5. The van der Waals surface area contributed by atoms with Gasteiger partial charge in [-0.05, 0) is 18.2 Å². The summed E-state index contributed by atoms with van der Waals surface area (Å²) in [5, 5.41) is 8.90. The Balaban J connectivity index is 1.84. The van der Waals surface area contributed by atoms with E-state index in [1.807, 2.05) is 19.9 Å². The number of hydrogen-bond acceptors (Lipinski definition) is 4. The molecule has 1 aliphatic heterocycles. The molecule has 0 bridgehead atoms. The van der Waals surface area contributed by atoms with Gasteiger partial charge in [0.2, 0.25) is 0 Å². The van der Waals surface area contributed by atoms with Gasteiger partial charge in [0.1, 0.15) is 17.3 Å². The zero-order valence-electron chi connectivity index (χ0n) is 13.0. The molecular formula is C17H16FN3O2. The highest BCUT2D eigenvalue weighted by Crippen LogP contribution is 2.25. The molecule has 2 aromatic rings. The molecule has 0 unspecified atom stereocenters. The fourth-order valence-electron chi connectivity index (χ4n) is 2.60. The summed E-state index contributed by atoms with van der Waals surface area (Å²) in [6, 6.07) is 5.53. The van der Waals surface area contributed by atoms with E-state index in [-0.39, 0.29) is 23.0 Å². The topological polar surface area (TPSA) is 70.1 Å². The molecule has 1 aliphatic rings. The molecule has 0 aliphatic carbocycles. The number of carbonyl (C=O) groups excluding carboxylic acids is 1. The van der Waals surface area contributed by atoms with Crippen LogP contribution < -0.4 is 0 Å². The minimum Gasteiger partial charge on any atom is -0.445 e. The number of nitrogens with zero attached hydrogens (tertiary/aromatic N) is 3. The molecule has 118 valence electrons. The Morgan fingerprint density at radius 3 is 2.91 bits per heavy atom. The number of halogens is 1. The standard InChI is InChI=1S/C17H16FN3O2/c1-10(2)16-20-14-9-21(4-3-15(14)23-16)17(22)12-5-11(8-19)6-13(18)7-12/h5-7,10H,3-4,9H2,1-2H3. The predicted octanol–water partition coefficient (Wildman–Crippen LogP) is 3.01. The molecular weight excluding hydrogens is 297 g/mol. The van der Waals surface area contributed by atoms with Crippen LogP contribution in [0.1, 0.15) is 53.0 Å². The number of amides is 1. The Bertz CT molecular complexity index is 805. The monoisotopic (exact) mass is 313 g/mol. The Morgan fingerprint density at radius 1 is 1.43 bits per heavy atom. The average Bonchev–Trinajstić information content (AvgIpc) is 2.96. The van der Waals surface area contributed by atoms with Crippen LogP contribution in [-0.2, 0) is 13.0 Å². The molecule has 0 atom stereocenters. The molecule has 0 radical (unpaired) electrons. The average molecular weight is 313 g/mol. The number of benzene rings is 1. The number of hydrogen-bond donors (Lipinski definition) is 0. The second-order valence-corrected chi connectivity index (χ2v) is 5.89. The van der Waals surface area contributed by atoms with Crippen molar-refractivity contribution in [3.63, 3.8) is 0 Å². The van der Waals surface area contributed by atoms with Crippen molar-refractivity contribution < 1.29 is 13.6 Å². The fraction of sp³-hybridized carbons (Fsp3) is 0.353. The Kier molecular flexibility index (Phi) is 3.87. The first-order valence-corrected chi connectivity index (χ1v) is 7.46. The summed E-state index contributed by atoms with van der Waals surface area (Å²) >= 11 is 0. The SMILES string of the molecule is CC(C)c1nc2c(o1)CCN(C(=O)c1cc(F)cc(C#N)c1)C2. The molecule has 0 spiro atoms. The summed E-state index contributed by atoms with van der Waals surface area (Å²) in [4.78, 5) is 18.6. The van der Waals surface area contributed by atoms with Crippen molar-refractivity contribution >= 4 is 5.91 Å². The molecule has 5 nitrogen and oxygen atoms in total. The maximum Gasteiger partial charge on any atom is 0.254 e. The van der Waals surface area contributed by atoms with E-state index in [0.717, 1.165) is 23.6 Å². The lowest BCUT2D eigenvalue weighted by Crippen LogP contribution is -2.35. The van der Waals surface area contributed by atoms with E-state index >= 15 is 0 Å². The third kappa shape index (κ3) is 2.95. The van der Waals surface area contributed by atoms with Crippen LogP contribution in [0.5, 0.6) is 0 Å². The zero-order valence-corrected chi connectivity index (χ0v) is 13.0. The second kappa shape index (κ2) is 5.84. The van der Waals surface area contributed by atoms with Crippen LogP contribution in [-0.4, -0.2) is 22.3 Å². The largest absolute Gasteiger partial charge is 0.445 e. The van der Waals surface area contributed by atoms with Gasteiger partial charge >= 0.3 is 0 Å². The van der Waals surface area contributed by atoms with Crippen LogP contribution >= 0.6 is 0 Å². The molecule has 0 saturated heterocycles. The lowest BCUT2D eigenvalue weighted by molar-refractivity contribution is 0.0727. The Hall–Kier alpha value is -2.68. The molecule has 0 fully saturated rings. The fourth-order valence-corrected chi connectivity index (χ4v) is 2.60. The van der Waals surface area contributed by atoms with Crippen molar-refractivity contribution in [3.8, 4) is 6.07 Å². The van der Waals surface area contributed by atoms with Gasteiger partial charge in [-0.2, -0.15) is 5.26 Å². The minimum absolute atomic E-state index is 0.134. The van der Waals surface area contributed by atoms with E-state index in [0.29, 0.717) is 25.4 Å². The summed E-state index contributed by atoms with van der Waals surface area (Å²) in [6.07, 6.45) is 0.585. The predicted molar refractivity (Wildman–Crippen MR) is 80.2 cm³/mol. The number of nitriles is 1. The van der Waals surface area contributed by atoms with Gasteiger partial charge in [0.05, 0.1) is 18.2 Å². The van der Waals surface area contributed by atoms with Gasteiger partial charge in [0, 0.05) is 24.4 Å². The van der Waals surface area contributed by atoms with Gasteiger partial charge < -0.3 is 9.32 Å². The van der Waals surface area contributed by atoms with Crippen molar-refractivity contribution in [2.45, 2.75) is 32.7 Å². The normalized spacial score (nSPS) is 13.8. The molecule has 0 saturated carbocycles. The van der Waals surface area contributed by atoms with Crippen molar-refractivity contribution in [1.82, 2.24) is 9.88 Å². The van der Waals surface area contributed by atoms with E-state index < -0.39 is 5.82 Å². The number of carbonyl (C=O) groups is 1. The van der Waals surface area contributed by atoms with Crippen LogP contribution in [0.25, 0.3) is 0 Å². The summed E-state index contributed by atoms with van der Waals surface area (Å²) in [5.74, 6) is 0.775. The number of aromatic nitrogens is 1. The maximum absolute atomic E-state index is 13.5. The molecule has 1 amide bonds. The summed E-state index contributed by atoms with van der Waals surface area (Å²) in [5.41, 5.74) is 1.07. The Morgan fingerprint density at radius 2 is 2.22 bits per heavy atom. The van der Waals surface area contributed by atoms with E-state index in [1.54, 1.807) is 4.90 Å². The van der Waals surface area contributed by atoms with E-state index in [4.69, 9.17) is 9.68 Å². The van der Waals surface area contributed by atoms with Crippen LogP contribution in [0.15, 0.2) is 22.6 Å². The first kappa shape index (κ1) is 15.2. The smallest absolute Gasteiger partial charge is 0.254 e. The molecule has 2 heterocycles.